The van der Waals surface area contributed by atoms with E-state index in [2.05, 4.69) is 53.8 Å². The SMILES string of the molecule is CC(C)(C)c1[nH]c2ncccc2c1CCN1CCCc2cc(C=CC(=O)NO)ccc2C1. The average Bonchev–Trinajstić information content (AvgIpc) is 3.03. The van der Waals surface area contributed by atoms with Crippen molar-refractivity contribution >= 4 is 23.0 Å². The van der Waals surface area contributed by atoms with E-state index in [1.807, 2.05) is 18.3 Å². The fourth-order valence-electron chi connectivity index (χ4n) is 4.60. The second kappa shape index (κ2) is 9.27. The van der Waals surface area contributed by atoms with Crippen LogP contribution in [-0.4, -0.2) is 39.1 Å². The lowest BCUT2D eigenvalue weighted by molar-refractivity contribution is -0.124. The van der Waals surface area contributed by atoms with Crippen LogP contribution in [0.5, 0.6) is 0 Å². The highest BCUT2D eigenvalue weighted by Crippen LogP contribution is 2.31. The van der Waals surface area contributed by atoms with Crippen LogP contribution in [0.4, 0.5) is 0 Å². The number of aryl methyl sites for hydroxylation is 1. The number of pyridine rings is 1. The van der Waals surface area contributed by atoms with Crippen LogP contribution in [-0.2, 0) is 29.6 Å². The highest BCUT2D eigenvalue weighted by Gasteiger charge is 2.23. The molecule has 1 aliphatic rings. The molecule has 1 aliphatic heterocycles. The molecule has 3 N–H and O–H groups in total. The lowest BCUT2D eigenvalue weighted by Gasteiger charge is -2.23. The molecule has 6 heteroatoms. The smallest absolute Gasteiger partial charge is 0.267 e. The number of rotatable bonds is 5. The van der Waals surface area contributed by atoms with Gasteiger partial charge in [-0.15, -0.1) is 0 Å². The van der Waals surface area contributed by atoms with Gasteiger partial charge in [-0.25, -0.2) is 10.5 Å². The molecule has 1 amide bonds. The summed E-state index contributed by atoms with van der Waals surface area (Å²) in [5.74, 6) is -0.520. The summed E-state index contributed by atoms with van der Waals surface area (Å²) < 4.78 is 0. The van der Waals surface area contributed by atoms with Gasteiger partial charge in [0.05, 0.1) is 0 Å². The number of aromatic nitrogens is 2. The number of nitrogens with one attached hydrogen (secondary N) is 2. The molecule has 0 fully saturated rings. The molecule has 0 saturated carbocycles. The number of carbonyl (C=O) groups excluding carboxylic acids is 1. The number of benzene rings is 1. The molecule has 0 radical (unpaired) electrons. The number of fused-ring (bicyclic) bond motifs is 2. The van der Waals surface area contributed by atoms with Gasteiger partial charge in [-0.2, -0.15) is 0 Å². The Hall–Kier alpha value is -2.96. The minimum Gasteiger partial charge on any atom is -0.343 e. The molecular weight excluding hydrogens is 400 g/mol. The number of carbonyl (C=O) groups is 1. The summed E-state index contributed by atoms with van der Waals surface area (Å²) in [5, 5.41) is 9.88. The first-order valence-corrected chi connectivity index (χ1v) is 11.3. The molecule has 0 saturated heterocycles. The zero-order valence-corrected chi connectivity index (χ0v) is 19.1. The van der Waals surface area contributed by atoms with Crippen molar-refractivity contribution in [1.82, 2.24) is 20.3 Å². The molecule has 3 heterocycles. The van der Waals surface area contributed by atoms with Crippen molar-refractivity contribution in [2.24, 2.45) is 0 Å². The lowest BCUT2D eigenvalue weighted by Crippen LogP contribution is -2.26. The van der Waals surface area contributed by atoms with E-state index in [0.29, 0.717) is 0 Å². The van der Waals surface area contributed by atoms with Crippen LogP contribution in [0.3, 0.4) is 0 Å². The summed E-state index contributed by atoms with van der Waals surface area (Å²) in [7, 11) is 0. The minimum absolute atomic E-state index is 0.0399. The van der Waals surface area contributed by atoms with E-state index in [0.717, 1.165) is 50.1 Å². The normalized spacial score (nSPS) is 15.1. The van der Waals surface area contributed by atoms with E-state index >= 15 is 0 Å². The summed E-state index contributed by atoms with van der Waals surface area (Å²) in [6.07, 6.45) is 8.05. The fourth-order valence-corrected chi connectivity index (χ4v) is 4.60. The zero-order valence-electron chi connectivity index (χ0n) is 19.1. The first kappa shape index (κ1) is 22.2. The van der Waals surface area contributed by atoms with Crippen LogP contribution >= 0.6 is 0 Å². The second-order valence-corrected chi connectivity index (χ2v) is 9.60. The van der Waals surface area contributed by atoms with Gasteiger partial charge in [0.1, 0.15) is 5.65 Å². The van der Waals surface area contributed by atoms with Crippen LogP contribution in [0.1, 0.15) is 55.1 Å². The maximum absolute atomic E-state index is 11.2. The molecule has 1 aromatic carbocycles. The second-order valence-electron chi connectivity index (χ2n) is 9.60. The number of amides is 1. The first-order chi connectivity index (χ1) is 15.3. The maximum atomic E-state index is 11.2. The van der Waals surface area contributed by atoms with Gasteiger partial charge in [0.25, 0.3) is 5.91 Å². The average molecular weight is 433 g/mol. The van der Waals surface area contributed by atoms with Gasteiger partial charge in [-0.1, -0.05) is 39.0 Å². The van der Waals surface area contributed by atoms with E-state index in [4.69, 9.17) is 5.21 Å². The molecule has 0 spiro atoms. The Morgan fingerprint density at radius 3 is 2.91 bits per heavy atom. The third kappa shape index (κ3) is 4.92. The van der Waals surface area contributed by atoms with Gasteiger partial charge in [-0.05, 0) is 66.3 Å². The molecule has 0 atom stereocenters. The molecule has 3 aromatic rings. The van der Waals surface area contributed by atoms with Crippen molar-refractivity contribution in [2.45, 2.75) is 52.0 Å². The van der Waals surface area contributed by atoms with Gasteiger partial charge < -0.3 is 4.98 Å². The summed E-state index contributed by atoms with van der Waals surface area (Å²) in [6.45, 7) is 9.75. The van der Waals surface area contributed by atoms with E-state index in [9.17, 15) is 4.79 Å². The Labute approximate surface area is 189 Å². The van der Waals surface area contributed by atoms with Crippen LogP contribution in [0.15, 0.2) is 42.6 Å². The van der Waals surface area contributed by atoms with Crippen molar-refractivity contribution in [3.63, 3.8) is 0 Å². The number of hydrogen-bond acceptors (Lipinski definition) is 4. The molecular formula is C26H32N4O2. The molecule has 0 bridgehead atoms. The molecule has 0 aliphatic carbocycles. The zero-order chi connectivity index (χ0) is 22.7. The van der Waals surface area contributed by atoms with Crippen LogP contribution in [0.25, 0.3) is 17.1 Å². The summed E-state index contributed by atoms with van der Waals surface area (Å²) in [6, 6.07) is 10.5. The Morgan fingerprint density at radius 2 is 2.12 bits per heavy atom. The molecule has 4 rings (SSSR count). The molecule has 0 unspecified atom stereocenters. The van der Waals surface area contributed by atoms with Gasteiger partial charge in [-0.3, -0.25) is 14.9 Å². The van der Waals surface area contributed by atoms with Crippen LogP contribution in [0.2, 0.25) is 0 Å². The molecule has 2 aromatic heterocycles. The minimum atomic E-state index is -0.520. The Kier molecular flexibility index (Phi) is 6.44. The van der Waals surface area contributed by atoms with Gasteiger partial charge in [0, 0.05) is 41.9 Å². The predicted octanol–water partition coefficient (Wildman–Crippen LogP) is 4.37. The van der Waals surface area contributed by atoms with E-state index < -0.39 is 5.91 Å². The van der Waals surface area contributed by atoms with Crippen LogP contribution in [0, 0.1) is 0 Å². The van der Waals surface area contributed by atoms with Crippen LogP contribution < -0.4 is 5.48 Å². The van der Waals surface area contributed by atoms with Gasteiger partial charge >= 0.3 is 0 Å². The van der Waals surface area contributed by atoms with Crippen molar-refractivity contribution in [3.05, 3.63) is 70.6 Å². The Bertz CT molecular complexity index is 1140. The predicted molar refractivity (Wildman–Crippen MR) is 128 cm³/mol. The van der Waals surface area contributed by atoms with E-state index in [1.165, 1.54) is 33.8 Å². The quantitative estimate of drug-likeness (QED) is 0.318. The summed E-state index contributed by atoms with van der Waals surface area (Å²) in [4.78, 5) is 21.9. The topological polar surface area (TPSA) is 81.2 Å². The Morgan fingerprint density at radius 1 is 1.28 bits per heavy atom. The number of H-pyrrole nitrogens is 1. The number of nitrogens with zero attached hydrogens (tertiary/aromatic N) is 2. The number of hydroxylamine groups is 1. The third-order valence-electron chi connectivity index (χ3n) is 6.19. The van der Waals surface area contributed by atoms with Gasteiger partial charge in [0.15, 0.2) is 0 Å². The largest absolute Gasteiger partial charge is 0.343 e. The van der Waals surface area contributed by atoms with E-state index in [-0.39, 0.29) is 5.41 Å². The maximum Gasteiger partial charge on any atom is 0.267 e. The van der Waals surface area contributed by atoms with Crippen molar-refractivity contribution in [3.8, 4) is 0 Å². The summed E-state index contributed by atoms with van der Waals surface area (Å²) >= 11 is 0. The van der Waals surface area contributed by atoms with Crippen molar-refractivity contribution in [1.29, 1.82) is 0 Å². The van der Waals surface area contributed by atoms with E-state index in [1.54, 1.807) is 11.6 Å². The fraction of sp³-hybridized carbons (Fsp3) is 0.385. The van der Waals surface area contributed by atoms with Gasteiger partial charge in [0.2, 0.25) is 0 Å². The standard InChI is InChI=1S/C26H32N4O2/c1-26(2,3)24-21(22-7-4-13-27-25(22)28-24)12-15-30-14-5-6-19-16-18(8-10-20(19)17-30)9-11-23(31)29-32/h4,7-11,13,16,32H,5-6,12,14-15,17H2,1-3H3,(H,27,28)(H,29,31). The summed E-state index contributed by atoms with van der Waals surface area (Å²) in [5.41, 5.74) is 8.97. The third-order valence-corrected chi connectivity index (χ3v) is 6.19. The molecule has 6 nitrogen and oxygen atoms in total. The number of hydrogen-bond donors (Lipinski definition) is 3. The monoisotopic (exact) mass is 432 g/mol. The highest BCUT2D eigenvalue weighted by molar-refractivity contribution is 5.90. The molecule has 32 heavy (non-hydrogen) atoms. The Balaban J connectivity index is 1.50. The lowest BCUT2D eigenvalue weighted by atomic mass is 9.88. The molecule has 168 valence electrons. The highest BCUT2D eigenvalue weighted by atomic mass is 16.5. The van der Waals surface area contributed by atoms with Crippen molar-refractivity contribution < 1.29 is 10.0 Å². The number of aromatic amines is 1. The first-order valence-electron chi connectivity index (χ1n) is 11.3. The van der Waals surface area contributed by atoms with Crippen molar-refractivity contribution in [2.75, 3.05) is 13.1 Å².